The van der Waals surface area contributed by atoms with Crippen molar-refractivity contribution in [3.8, 4) is 12.3 Å². The largest absolute Gasteiger partial charge is 0.444 e. The van der Waals surface area contributed by atoms with Gasteiger partial charge >= 0.3 is 6.09 Å². The number of nitrogens with one attached hydrogen (secondary N) is 2. The van der Waals surface area contributed by atoms with Crippen molar-refractivity contribution in [1.82, 2.24) is 10.2 Å². The molecular formula is C35H48ClN3O4. The molecule has 2 N–H and O–H groups in total. The summed E-state index contributed by atoms with van der Waals surface area (Å²) >= 11 is 6.50. The Bertz CT molecular complexity index is 1290. The molecular weight excluding hydrogens is 562 g/mol. The molecule has 0 saturated heterocycles. The van der Waals surface area contributed by atoms with Gasteiger partial charge in [-0.1, -0.05) is 75.5 Å². The minimum atomic E-state index is -1.10. The van der Waals surface area contributed by atoms with Gasteiger partial charge in [-0.2, -0.15) is 0 Å². The lowest BCUT2D eigenvalue weighted by Gasteiger charge is -2.39. The molecule has 2 rings (SSSR count). The number of halogens is 1. The molecule has 0 spiro atoms. The second kappa shape index (κ2) is 15.8. The maximum Gasteiger partial charge on any atom is 0.408 e. The zero-order valence-corrected chi connectivity index (χ0v) is 27.8. The van der Waals surface area contributed by atoms with Crippen molar-refractivity contribution >= 4 is 35.2 Å². The summed E-state index contributed by atoms with van der Waals surface area (Å²) in [4.78, 5) is 43.6. The van der Waals surface area contributed by atoms with Gasteiger partial charge in [-0.3, -0.25) is 9.59 Å². The summed E-state index contributed by atoms with van der Waals surface area (Å²) in [6.07, 6.45) is 7.03. The first-order valence-electron chi connectivity index (χ1n) is 15.0. The molecule has 2 aromatic carbocycles. The predicted octanol–water partition coefficient (Wildman–Crippen LogP) is 7.90. The van der Waals surface area contributed by atoms with E-state index >= 15 is 0 Å². The zero-order valence-electron chi connectivity index (χ0n) is 27.1. The predicted molar refractivity (Wildman–Crippen MR) is 175 cm³/mol. The molecule has 7 nitrogen and oxygen atoms in total. The van der Waals surface area contributed by atoms with E-state index in [0.29, 0.717) is 40.6 Å². The van der Waals surface area contributed by atoms with Crippen LogP contribution in [0.5, 0.6) is 0 Å². The van der Waals surface area contributed by atoms with E-state index in [1.165, 1.54) is 0 Å². The Morgan fingerprint density at radius 3 is 2.19 bits per heavy atom. The monoisotopic (exact) mass is 609 g/mol. The van der Waals surface area contributed by atoms with E-state index in [9.17, 15) is 14.4 Å². The van der Waals surface area contributed by atoms with Gasteiger partial charge in [0, 0.05) is 11.6 Å². The van der Waals surface area contributed by atoms with Crippen molar-refractivity contribution < 1.29 is 19.1 Å². The molecule has 3 unspecified atom stereocenters. The van der Waals surface area contributed by atoms with Crippen LogP contribution in [0, 0.1) is 31.1 Å². The summed E-state index contributed by atoms with van der Waals surface area (Å²) in [5.74, 6) is 2.28. The van der Waals surface area contributed by atoms with Gasteiger partial charge in [-0.25, -0.2) is 4.79 Å². The van der Waals surface area contributed by atoms with Crippen LogP contribution in [0.15, 0.2) is 42.5 Å². The fraction of sp³-hybridized carbons (Fsp3) is 0.514. The Morgan fingerprint density at radius 2 is 1.63 bits per heavy atom. The molecule has 8 heteroatoms. The van der Waals surface area contributed by atoms with E-state index in [2.05, 4.69) is 30.4 Å². The van der Waals surface area contributed by atoms with E-state index in [4.69, 9.17) is 22.8 Å². The minimum absolute atomic E-state index is 0.0627. The quantitative estimate of drug-likeness (QED) is 0.239. The van der Waals surface area contributed by atoms with Crippen molar-refractivity contribution in [1.29, 1.82) is 0 Å². The zero-order chi connectivity index (χ0) is 32.5. The van der Waals surface area contributed by atoms with E-state index in [0.717, 1.165) is 12.0 Å². The van der Waals surface area contributed by atoms with Crippen molar-refractivity contribution in [3.63, 3.8) is 0 Å². The molecule has 0 saturated carbocycles. The summed E-state index contributed by atoms with van der Waals surface area (Å²) in [6.45, 7) is 17.2. The first-order chi connectivity index (χ1) is 20.0. The number of alkyl carbamates (subject to hydrolysis) is 1. The van der Waals surface area contributed by atoms with Crippen LogP contribution in [0.2, 0.25) is 5.02 Å². The number of benzene rings is 2. The fourth-order valence-corrected chi connectivity index (χ4v) is 5.17. The van der Waals surface area contributed by atoms with Crippen LogP contribution in [-0.4, -0.2) is 40.5 Å². The lowest BCUT2D eigenvalue weighted by molar-refractivity contribution is -0.144. The highest BCUT2D eigenvalue weighted by Gasteiger charge is 2.40. The van der Waals surface area contributed by atoms with Crippen LogP contribution in [-0.2, 0) is 14.3 Å². The normalized spacial score (nSPS) is 13.6. The number of rotatable bonds is 12. The van der Waals surface area contributed by atoms with Gasteiger partial charge in [0.05, 0.1) is 10.7 Å². The highest BCUT2D eigenvalue weighted by atomic mass is 35.5. The van der Waals surface area contributed by atoms with Crippen LogP contribution >= 0.6 is 11.6 Å². The third-order valence-electron chi connectivity index (χ3n) is 6.99. The van der Waals surface area contributed by atoms with Crippen molar-refractivity contribution in [2.75, 3.05) is 5.32 Å². The third kappa shape index (κ3) is 10.6. The molecule has 0 heterocycles. The van der Waals surface area contributed by atoms with Crippen LogP contribution in [0.4, 0.5) is 10.5 Å². The molecule has 2 aromatic rings. The van der Waals surface area contributed by atoms with Crippen LogP contribution in [0.25, 0.3) is 0 Å². The SMILES string of the molecule is C#Cc1ccccc1C(C(=O)Nc1c(C)cccc1Cl)N(C(=O)C(CC(C)C)NC(=O)OC(C)(C)C)C(C)CCC(C)C. The highest BCUT2D eigenvalue weighted by Crippen LogP contribution is 2.33. The number of carbonyl (C=O) groups is 3. The number of nitrogens with zero attached hydrogens (tertiary/aromatic N) is 1. The Balaban J connectivity index is 2.74. The molecule has 3 amide bonds. The smallest absolute Gasteiger partial charge is 0.408 e. The van der Waals surface area contributed by atoms with Crippen LogP contribution < -0.4 is 10.6 Å². The number of hydrogen-bond donors (Lipinski definition) is 2. The molecule has 0 fully saturated rings. The molecule has 0 aliphatic heterocycles. The van der Waals surface area contributed by atoms with Gasteiger partial charge in [0.15, 0.2) is 0 Å². The molecule has 0 radical (unpaired) electrons. The number of amides is 3. The fourth-order valence-electron chi connectivity index (χ4n) is 4.90. The Hall–Kier alpha value is -3.50. The lowest BCUT2D eigenvalue weighted by Crippen LogP contribution is -2.55. The number of terminal acetylenes is 1. The molecule has 0 aromatic heterocycles. The Kier molecular flexibility index (Phi) is 13.1. The van der Waals surface area contributed by atoms with Crippen molar-refractivity contribution in [3.05, 3.63) is 64.2 Å². The van der Waals surface area contributed by atoms with Gasteiger partial charge in [0.25, 0.3) is 5.91 Å². The lowest BCUT2D eigenvalue weighted by atomic mass is 9.93. The maximum atomic E-state index is 14.7. The van der Waals surface area contributed by atoms with Crippen LogP contribution in [0.3, 0.4) is 0 Å². The summed E-state index contributed by atoms with van der Waals surface area (Å²) < 4.78 is 5.51. The molecule has 43 heavy (non-hydrogen) atoms. The number of ether oxygens (including phenoxy) is 1. The topological polar surface area (TPSA) is 87.7 Å². The number of carbonyl (C=O) groups excluding carboxylic acids is 3. The molecule has 0 aliphatic carbocycles. The van der Waals surface area contributed by atoms with E-state index in [-0.39, 0.29) is 12.0 Å². The molecule has 3 atom stereocenters. The number of aryl methyl sites for hydroxylation is 1. The van der Waals surface area contributed by atoms with Crippen molar-refractivity contribution in [2.45, 2.75) is 105 Å². The van der Waals surface area contributed by atoms with Gasteiger partial charge in [-0.15, -0.1) is 6.42 Å². The van der Waals surface area contributed by atoms with E-state index < -0.39 is 35.6 Å². The number of hydrogen-bond acceptors (Lipinski definition) is 4. The highest BCUT2D eigenvalue weighted by molar-refractivity contribution is 6.34. The van der Waals surface area contributed by atoms with Crippen LogP contribution in [0.1, 0.15) is 97.4 Å². The average Bonchev–Trinajstić information content (AvgIpc) is 2.90. The van der Waals surface area contributed by atoms with Gasteiger partial charge in [-0.05, 0) is 89.0 Å². The Morgan fingerprint density at radius 1 is 0.977 bits per heavy atom. The summed E-state index contributed by atoms with van der Waals surface area (Å²) in [6, 6.07) is 10.1. The second-order valence-electron chi connectivity index (χ2n) is 12.9. The number of anilines is 1. The molecule has 0 bridgehead atoms. The van der Waals surface area contributed by atoms with E-state index in [1.54, 1.807) is 62.1 Å². The summed E-state index contributed by atoms with van der Waals surface area (Å²) in [7, 11) is 0. The molecule has 234 valence electrons. The Labute approximate surface area is 263 Å². The second-order valence-corrected chi connectivity index (χ2v) is 13.4. The standard InChI is InChI=1S/C35H48ClN3O4/c1-11-26-16-12-13-17-27(26)31(32(40)38-30-24(6)15-14-18-28(30)36)39(25(7)20-19-22(2)3)33(41)29(21-23(4)5)37-34(42)43-35(8,9)10/h1,12-18,22-23,25,29,31H,19-21H2,2-10H3,(H,37,42)(H,38,40). The minimum Gasteiger partial charge on any atom is -0.444 e. The maximum absolute atomic E-state index is 14.7. The third-order valence-corrected chi connectivity index (χ3v) is 7.31. The summed E-state index contributed by atoms with van der Waals surface area (Å²) in [5.41, 5.74) is 1.50. The van der Waals surface area contributed by atoms with Gasteiger partial charge in [0.1, 0.15) is 17.7 Å². The summed E-state index contributed by atoms with van der Waals surface area (Å²) in [5, 5.41) is 6.17. The first kappa shape index (κ1) is 35.7. The van der Waals surface area contributed by atoms with Gasteiger partial charge < -0.3 is 20.3 Å². The van der Waals surface area contributed by atoms with Gasteiger partial charge in [0.2, 0.25) is 5.91 Å². The van der Waals surface area contributed by atoms with E-state index in [1.807, 2.05) is 33.8 Å². The van der Waals surface area contributed by atoms with Crippen molar-refractivity contribution in [2.24, 2.45) is 11.8 Å². The average molecular weight is 610 g/mol. The number of para-hydroxylation sites is 1. The first-order valence-corrected chi connectivity index (χ1v) is 15.4. The molecule has 0 aliphatic rings.